The number of rotatable bonds is 9. The van der Waals surface area contributed by atoms with Crippen molar-refractivity contribution < 1.29 is 17.9 Å². The molecule has 16 heavy (non-hydrogen) atoms. The van der Waals surface area contributed by atoms with Crippen molar-refractivity contribution >= 4 is 0 Å². The molecule has 0 radical (unpaired) electrons. The average molecular weight is 241 g/mol. The summed E-state index contributed by atoms with van der Waals surface area (Å²) in [5.74, 6) is 0.415. The second-order valence-electron chi connectivity index (χ2n) is 3.92. The molecule has 2 nitrogen and oxygen atoms in total. The molecule has 0 fully saturated rings. The van der Waals surface area contributed by atoms with Gasteiger partial charge in [0.15, 0.2) is 0 Å². The molecule has 0 saturated heterocycles. The van der Waals surface area contributed by atoms with Gasteiger partial charge in [0.1, 0.15) is 6.61 Å². The van der Waals surface area contributed by atoms with Gasteiger partial charge in [-0.1, -0.05) is 20.3 Å². The van der Waals surface area contributed by atoms with Crippen molar-refractivity contribution in [1.82, 2.24) is 5.32 Å². The molecule has 0 heterocycles. The van der Waals surface area contributed by atoms with E-state index in [-0.39, 0.29) is 6.61 Å². The minimum absolute atomic E-state index is 0.190. The minimum atomic E-state index is -4.21. The van der Waals surface area contributed by atoms with E-state index < -0.39 is 12.8 Å². The van der Waals surface area contributed by atoms with Crippen LogP contribution in [0.2, 0.25) is 0 Å². The monoisotopic (exact) mass is 241 g/mol. The average Bonchev–Trinajstić information content (AvgIpc) is 2.19. The summed E-state index contributed by atoms with van der Waals surface area (Å²) >= 11 is 0. The first kappa shape index (κ1) is 15.7. The van der Waals surface area contributed by atoms with E-state index in [1.165, 1.54) is 0 Å². The highest BCUT2D eigenvalue weighted by Gasteiger charge is 2.27. The molecular weight excluding hydrogens is 219 g/mol. The van der Waals surface area contributed by atoms with Gasteiger partial charge in [0.05, 0.1) is 0 Å². The first-order chi connectivity index (χ1) is 7.49. The van der Waals surface area contributed by atoms with Gasteiger partial charge in [0.25, 0.3) is 0 Å². The molecule has 5 heteroatoms. The van der Waals surface area contributed by atoms with Crippen LogP contribution in [0.4, 0.5) is 13.2 Å². The number of halogens is 3. The summed E-state index contributed by atoms with van der Waals surface area (Å²) in [4.78, 5) is 0. The predicted molar refractivity (Wildman–Crippen MR) is 58.4 cm³/mol. The van der Waals surface area contributed by atoms with Crippen LogP contribution in [0, 0.1) is 5.92 Å². The van der Waals surface area contributed by atoms with Crippen LogP contribution < -0.4 is 5.32 Å². The molecule has 0 bridgehead atoms. The van der Waals surface area contributed by atoms with Crippen LogP contribution in [0.25, 0.3) is 0 Å². The Morgan fingerprint density at radius 2 is 1.88 bits per heavy atom. The molecule has 1 N–H and O–H groups in total. The van der Waals surface area contributed by atoms with Gasteiger partial charge in [-0.3, -0.25) is 0 Å². The Labute approximate surface area is 95.5 Å². The molecule has 0 aromatic rings. The lowest BCUT2D eigenvalue weighted by atomic mass is 10.0. The third-order valence-corrected chi connectivity index (χ3v) is 2.32. The van der Waals surface area contributed by atoms with Gasteiger partial charge in [-0.2, -0.15) is 13.2 Å². The van der Waals surface area contributed by atoms with Crippen molar-refractivity contribution in [1.29, 1.82) is 0 Å². The minimum Gasteiger partial charge on any atom is -0.372 e. The molecule has 0 amide bonds. The topological polar surface area (TPSA) is 21.3 Å². The van der Waals surface area contributed by atoms with E-state index >= 15 is 0 Å². The van der Waals surface area contributed by atoms with Gasteiger partial charge in [0, 0.05) is 6.61 Å². The van der Waals surface area contributed by atoms with Gasteiger partial charge in [-0.05, 0) is 31.8 Å². The van der Waals surface area contributed by atoms with Gasteiger partial charge in [-0.25, -0.2) is 0 Å². The number of nitrogens with one attached hydrogen (secondary N) is 1. The molecule has 1 atom stereocenters. The smallest absolute Gasteiger partial charge is 0.372 e. The summed E-state index contributed by atoms with van der Waals surface area (Å²) in [5, 5.41) is 3.21. The third-order valence-electron chi connectivity index (χ3n) is 2.32. The highest BCUT2D eigenvalue weighted by atomic mass is 19.4. The molecule has 0 aliphatic rings. The Hall–Kier alpha value is -0.290. The summed E-state index contributed by atoms with van der Waals surface area (Å²) < 4.78 is 40.0. The lowest BCUT2D eigenvalue weighted by Gasteiger charge is -2.16. The Morgan fingerprint density at radius 3 is 2.38 bits per heavy atom. The summed E-state index contributed by atoms with van der Waals surface area (Å²) in [7, 11) is 0. The SMILES string of the molecule is CCCC(CCOCC(F)(F)F)CNCC. The van der Waals surface area contributed by atoms with E-state index in [0.717, 1.165) is 25.9 Å². The Kier molecular flexibility index (Phi) is 8.66. The molecule has 0 aromatic carbocycles. The largest absolute Gasteiger partial charge is 0.411 e. The van der Waals surface area contributed by atoms with Crippen molar-refractivity contribution in [2.24, 2.45) is 5.92 Å². The van der Waals surface area contributed by atoms with Gasteiger partial charge >= 0.3 is 6.18 Å². The molecule has 0 aromatic heterocycles. The number of hydrogen-bond donors (Lipinski definition) is 1. The van der Waals surface area contributed by atoms with E-state index in [4.69, 9.17) is 0 Å². The highest BCUT2D eigenvalue weighted by Crippen LogP contribution is 2.16. The molecular formula is C11H22F3NO. The first-order valence-electron chi connectivity index (χ1n) is 5.84. The van der Waals surface area contributed by atoms with Crippen molar-refractivity contribution in [3.05, 3.63) is 0 Å². The van der Waals surface area contributed by atoms with Gasteiger partial charge in [0.2, 0.25) is 0 Å². The van der Waals surface area contributed by atoms with Crippen LogP contribution in [0.5, 0.6) is 0 Å². The summed E-state index contributed by atoms with van der Waals surface area (Å²) in [5.41, 5.74) is 0. The van der Waals surface area contributed by atoms with E-state index in [1.54, 1.807) is 0 Å². The lowest BCUT2D eigenvalue weighted by Crippen LogP contribution is -2.24. The zero-order valence-corrected chi connectivity index (χ0v) is 10.1. The van der Waals surface area contributed by atoms with Crippen LogP contribution in [0.15, 0.2) is 0 Å². The summed E-state index contributed by atoms with van der Waals surface area (Å²) in [6.07, 6.45) is -1.43. The first-order valence-corrected chi connectivity index (χ1v) is 5.84. The molecule has 0 rings (SSSR count). The highest BCUT2D eigenvalue weighted by molar-refractivity contribution is 4.61. The molecule has 0 spiro atoms. The quantitative estimate of drug-likeness (QED) is 0.627. The van der Waals surface area contributed by atoms with Crippen LogP contribution in [-0.2, 0) is 4.74 Å². The number of hydrogen-bond acceptors (Lipinski definition) is 2. The van der Waals surface area contributed by atoms with Crippen molar-refractivity contribution in [3.63, 3.8) is 0 Å². The molecule has 1 unspecified atom stereocenters. The zero-order valence-electron chi connectivity index (χ0n) is 10.1. The fourth-order valence-corrected chi connectivity index (χ4v) is 1.54. The Balaban J connectivity index is 3.59. The van der Waals surface area contributed by atoms with E-state index in [2.05, 4.69) is 17.0 Å². The predicted octanol–water partition coefficient (Wildman–Crippen LogP) is 2.98. The Bertz CT molecular complexity index is 162. The van der Waals surface area contributed by atoms with Gasteiger partial charge in [-0.15, -0.1) is 0 Å². The zero-order chi connectivity index (χ0) is 12.4. The van der Waals surface area contributed by atoms with Gasteiger partial charge < -0.3 is 10.1 Å². The van der Waals surface area contributed by atoms with Crippen LogP contribution in [0.1, 0.15) is 33.1 Å². The maximum Gasteiger partial charge on any atom is 0.411 e. The van der Waals surface area contributed by atoms with E-state index in [0.29, 0.717) is 12.3 Å². The third kappa shape index (κ3) is 10.2. The molecule has 0 saturated carbocycles. The van der Waals surface area contributed by atoms with Crippen molar-refractivity contribution in [2.45, 2.75) is 39.3 Å². The maximum absolute atomic E-state index is 11.8. The summed E-state index contributed by atoms with van der Waals surface area (Å²) in [6, 6.07) is 0. The Morgan fingerprint density at radius 1 is 1.19 bits per heavy atom. The van der Waals surface area contributed by atoms with E-state index in [1.807, 2.05) is 6.92 Å². The van der Waals surface area contributed by atoms with Crippen LogP contribution in [0.3, 0.4) is 0 Å². The molecule has 0 aliphatic heterocycles. The second-order valence-corrected chi connectivity index (χ2v) is 3.92. The second kappa shape index (κ2) is 8.82. The van der Waals surface area contributed by atoms with Crippen LogP contribution in [-0.4, -0.2) is 32.5 Å². The maximum atomic E-state index is 11.8. The van der Waals surface area contributed by atoms with Crippen molar-refractivity contribution in [3.8, 4) is 0 Å². The standard InChI is InChI=1S/C11H22F3NO/c1-3-5-10(8-15-4-2)6-7-16-9-11(12,13)14/h10,15H,3-9H2,1-2H3. The molecule has 98 valence electrons. The number of ether oxygens (including phenoxy) is 1. The number of alkyl halides is 3. The summed E-state index contributed by atoms with van der Waals surface area (Å²) in [6.45, 7) is 4.91. The van der Waals surface area contributed by atoms with E-state index in [9.17, 15) is 13.2 Å². The lowest BCUT2D eigenvalue weighted by molar-refractivity contribution is -0.174. The fraction of sp³-hybridized carbons (Fsp3) is 1.00. The van der Waals surface area contributed by atoms with Crippen molar-refractivity contribution in [2.75, 3.05) is 26.3 Å². The molecule has 0 aliphatic carbocycles. The fourth-order valence-electron chi connectivity index (χ4n) is 1.54. The van der Waals surface area contributed by atoms with Crippen LogP contribution >= 0.6 is 0 Å². The normalized spacial score (nSPS) is 14.1.